The second-order valence-electron chi connectivity index (χ2n) is 3.97. The molecule has 0 aromatic carbocycles. The molecule has 0 saturated carbocycles. The summed E-state index contributed by atoms with van der Waals surface area (Å²) < 4.78 is 1.81. The van der Waals surface area contributed by atoms with E-state index in [9.17, 15) is 4.79 Å². The zero-order valence-electron chi connectivity index (χ0n) is 10.2. The number of pyridine rings is 1. The van der Waals surface area contributed by atoms with E-state index in [0.717, 1.165) is 16.9 Å². The van der Waals surface area contributed by atoms with Crippen molar-refractivity contribution in [2.24, 2.45) is 7.05 Å². The number of aromatic nitrogens is 3. The molecule has 94 valence electrons. The lowest BCUT2D eigenvalue weighted by atomic mass is 10.2. The molecule has 18 heavy (non-hydrogen) atoms. The fourth-order valence-corrected chi connectivity index (χ4v) is 1.54. The molecule has 0 aliphatic carbocycles. The minimum Gasteiger partial charge on any atom is -0.477 e. The molecule has 0 bridgehead atoms. The maximum absolute atomic E-state index is 10.6. The lowest BCUT2D eigenvalue weighted by Gasteiger charge is -2.05. The summed E-state index contributed by atoms with van der Waals surface area (Å²) in [5.74, 6) is -1.02. The van der Waals surface area contributed by atoms with Crippen molar-refractivity contribution >= 4 is 11.7 Å². The van der Waals surface area contributed by atoms with Crippen LogP contribution >= 0.6 is 0 Å². The molecule has 0 atom stereocenters. The first-order valence-electron chi connectivity index (χ1n) is 5.48. The van der Waals surface area contributed by atoms with Gasteiger partial charge in [-0.1, -0.05) is 0 Å². The van der Waals surface area contributed by atoms with E-state index < -0.39 is 5.97 Å². The Bertz CT molecular complexity index is 560. The van der Waals surface area contributed by atoms with Crippen LogP contribution in [0.2, 0.25) is 0 Å². The molecular weight excluding hydrogens is 232 g/mol. The highest BCUT2D eigenvalue weighted by Crippen LogP contribution is 2.11. The highest BCUT2D eigenvalue weighted by Gasteiger charge is 2.05. The van der Waals surface area contributed by atoms with Gasteiger partial charge in [-0.25, -0.2) is 9.78 Å². The van der Waals surface area contributed by atoms with E-state index in [4.69, 9.17) is 5.11 Å². The third-order valence-electron chi connectivity index (χ3n) is 2.80. The number of carboxylic acid groups (broad SMARTS) is 1. The molecule has 0 fully saturated rings. The van der Waals surface area contributed by atoms with Crippen molar-refractivity contribution in [1.29, 1.82) is 0 Å². The van der Waals surface area contributed by atoms with Crippen LogP contribution in [0, 0.1) is 6.92 Å². The number of rotatable bonds is 4. The van der Waals surface area contributed by atoms with Crippen LogP contribution in [-0.2, 0) is 13.6 Å². The summed E-state index contributed by atoms with van der Waals surface area (Å²) in [5.41, 5.74) is 3.01. The number of nitrogens with zero attached hydrogens (tertiary/aromatic N) is 3. The molecule has 0 aliphatic rings. The Hall–Kier alpha value is -2.37. The Balaban J connectivity index is 2.02. The van der Waals surface area contributed by atoms with Crippen molar-refractivity contribution in [2.45, 2.75) is 13.5 Å². The fourth-order valence-electron chi connectivity index (χ4n) is 1.54. The first kappa shape index (κ1) is 12.1. The molecule has 2 rings (SSSR count). The van der Waals surface area contributed by atoms with Crippen LogP contribution < -0.4 is 5.32 Å². The minimum absolute atomic E-state index is 0.0399. The average molecular weight is 246 g/mol. The van der Waals surface area contributed by atoms with Crippen LogP contribution in [0.15, 0.2) is 24.5 Å². The van der Waals surface area contributed by atoms with E-state index in [0.29, 0.717) is 6.54 Å². The second kappa shape index (κ2) is 4.87. The van der Waals surface area contributed by atoms with Gasteiger partial charge in [0.25, 0.3) is 0 Å². The maximum atomic E-state index is 10.6. The van der Waals surface area contributed by atoms with Gasteiger partial charge in [0.2, 0.25) is 0 Å². The van der Waals surface area contributed by atoms with E-state index in [-0.39, 0.29) is 5.69 Å². The molecule has 2 aromatic rings. The van der Waals surface area contributed by atoms with Crippen molar-refractivity contribution in [3.63, 3.8) is 0 Å². The molecule has 0 amide bonds. The SMILES string of the molecule is Cc1c(CNc2ccc(C(=O)O)nc2)cnn1C. The number of carboxylic acids is 1. The number of hydrogen-bond donors (Lipinski definition) is 2. The van der Waals surface area contributed by atoms with Crippen LogP contribution in [0.4, 0.5) is 5.69 Å². The predicted octanol–water partition coefficient (Wildman–Crippen LogP) is 1.43. The zero-order valence-corrected chi connectivity index (χ0v) is 10.2. The smallest absolute Gasteiger partial charge is 0.354 e. The molecule has 0 saturated heterocycles. The first-order chi connectivity index (χ1) is 8.58. The van der Waals surface area contributed by atoms with Gasteiger partial charge in [-0.15, -0.1) is 0 Å². The van der Waals surface area contributed by atoms with Crippen LogP contribution in [0.25, 0.3) is 0 Å². The number of aryl methyl sites for hydroxylation is 1. The maximum Gasteiger partial charge on any atom is 0.354 e. The molecule has 2 N–H and O–H groups in total. The minimum atomic E-state index is -1.02. The lowest BCUT2D eigenvalue weighted by Crippen LogP contribution is -2.04. The van der Waals surface area contributed by atoms with Crippen molar-refractivity contribution in [2.75, 3.05) is 5.32 Å². The van der Waals surface area contributed by atoms with Gasteiger partial charge in [-0.05, 0) is 19.1 Å². The zero-order chi connectivity index (χ0) is 13.1. The molecule has 2 aromatic heterocycles. The topological polar surface area (TPSA) is 80.0 Å². The fraction of sp³-hybridized carbons (Fsp3) is 0.250. The third kappa shape index (κ3) is 2.48. The first-order valence-corrected chi connectivity index (χ1v) is 5.48. The molecule has 6 nitrogen and oxygen atoms in total. The number of carbonyl (C=O) groups is 1. The summed E-state index contributed by atoms with van der Waals surface area (Å²) in [6.07, 6.45) is 3.32. The molecular formula is C12H14N4O2. The second-order valence-corrected chi connectivity index (χ2v) is 3.97. The summed E-state index contributed by atoms with van der Waals surface area (Å²) in [6.45, 7) is 2.63. The quantitative estimate of drug-likeness (QED) is 0.853. The summed E-state index contributed by atoms with van der Waals surface area (Å²) in [5, 5.41) is 16.1. The molecule has 0 aliphatic heterocycles. The van der Waals surface area contributed by atoms with E-state index in [1.165, 1.54) is 12.3 Å². The highest BCUT2D eigenvalue weighted by molar-refractivity contribution is 5.85. The van der Waals surface area contributed by atoms with Gasteiger partial charge in [0.1, 0.15) is 5.69 Å². The van der Waals surface area contributed by atoms with E-state index in [1.807, 2.05) is 18.7 Å². The van der Waals surface area contributed by atoms with E-state index in [1.54, 1.807) is 12.3 Å². The van der Waals surface area contributed by atoms with Crippen molar-refractivity contribution in [3.05, 3.63) is 41.5 Å². The summed E-state index contributed by atoms with van der Waals surface area (Å²) >= 11 is 0. The van der Waals surface area contributed by atoms with Crippen molar-refractivity contribution in [1.82, 2.24) is 14.8 Å². The van der Waals surface area contributed by atoms with Gasteiger partial charge < -0.3 is 10.4 Å². The monoisotopic (exact) mass is 246 g/mol. The molecule has 0 spiro atoms. The van der Waals surface area contributed by atoms with Crippen LogP contribution in [-0.4, -0.2) is 25.8 Å². The Kier molecular flexibility index (Phi) is 3.27. The molecule has 0 unspecified atom stereocenters. The Morgan fingerprint density at radius 3 is 2.72 bits per heavy atom. The highest BCUT2D eigenvalue weighted by atomic mass is 16.4. The summed E-state index contributed by atoms with van der Waals surface area (Å²) in [6, 6.07) is 3.17. The van der Waals surface area contributed by atoms with Gasteiger partial charge in [0.15, 0.2) is 0 Å². The number of aromatic carboxylic acids is 1. The standard InChI is InChI=1S/C12H14N4O2/c1-8-9(6-15-16(8)2)5-13-10-3-4-11(12(17)18)14-7-10/h3-4,6-7,13H,5H2,1-2H3,(H,17,18). The van der Waals surface area contributed by atoms with Crippen molar-refractivity contribution < 1.29 is 9.90 Å². The number of nitrogens with one attached hydrogen (secondary N) is 1. The number of hydrogen-bond acceptors (Lipinski definition) is 4. The van der Waals surface area contributed by atoms with Gasteiger partial charge in [-0.3, -0.25) is 4.68 Å². The largest absolute Gasteiger partial charge is 0.477 e. The van der Waals surface area contributed by atoms with Gasteiger partial charge >= 0.3 is 5.97 Å². The van der Waals surface area contributed by atoms with Crippen LogP contribution in [0.5, 0.6) is 0 Å². The summed E-state index contributed by atoms with van der Waals surface area (Å²) in [4.78, 5) is 14.5. The van der Waals surface area contributed by atoms with Gasteiger partial charge in [0.05, 0.1) is 18.1 Å². The van der Waals surface area contributed by atoms with Crippen LogP contribution in [0.3, 0.4) is 0 Å². The van der Waals surface area contributed by atoms with Gasteiger partial charge in [-0.2, -0.15) is 5.10 Å². The Morgan fingerprint density at radius 1 is 1.44 bits per heavy atom. The average Bonchev–Trinajstić information content (AvgIpc) is 2.68. The number of anilines is 1. The van der Waals surface area contributed by atoms with Crippen molar-refractivity contribution in [3.8, 4) is 0 Å². The van der Waals surface area contributed by atoms with E-state index in [2.05, 4.69) is 15.4 Å². The molecule has 0 radical (unpaired) electrons. The van der Waals surface area contributed by atoms with E-state index >= 15 is 0 Å². The summed E-state index contributed by atoms with van der Waals surface area (Å²) in [7, 11) is 1.89. The van der Waals surface area contributed by atoms with Crippen LogP contribution in [0.1, 0.15) is 21.7 Å². The lowest BCUT2D eigenvalue weighted by molar-refractivity contribution is 0.0690. The Morgan fingerprint density at radius 2 is 2.22 bits per heavy atom. The van der Waals surface area contributed by atoms with Gasteiger partial charge in [0, 0.05) is 24.8 Å². The third-order valence-corrected chi connectivity index (χ3v) is 2.80. The Labute approximate surface area is 104 Å². The molecule has 6 heteroatoms. The molecule has 2 heterocycles. The normalized spacial score (nSPS) is 10.3. The predicted molar refractivity (Wildman–Crippen MR) is 66.5 cm³/mol.